The topological polar surface area (TPSA) is 43.7 Å². The molecule has 0 radical (unpaired) electrons. The zero-order valence-corrected chi connectivity index (χ0v) is 8.38. The monoisotopic (exact) mass is 175 g/mol. The van der Waals surface area contributed by atoms with Gasteiger partial charge in [0.05, 0.1) is 13.2 Å². The number of aliphatic hydroxyl groups excluding tert-OH is 2. The minimum atomic E-state index is -0.307. The lowest BCUT2D eigenvalue weighted by Crippen LogP contribution is -2.39. The van der Waals surface area contributed by atoms with Gasteiger partial charge in [0.1, 0.15) is 0 Å². The lowest BCUT2D eigenvalue weighted by Gasteiger charge is -2.32. The van der Waals surface area contributed by atoms with E-state index in [1.165, 1.54) is 0 Å². The molecule has 0 aliphatic carbocycles. The first-order valence-electron chi connectivity index (χ1n) is 4.46. The third-order valence-electron chi connectivity index (χ3n) is 2.10. The molecular weight excluding hydrogens is 154 g/mol. The summed E-state index contributed by atoms with van der Waals surface area (Å²) in [7, 11) is 3.91. The van der Waals surface area contributed by atoms with E-state index in [9.17, 15) is 0 Å². The Labute approximate surface area is 75.0 Å². The molecule has 0 fully saturated rings. The molecule has 3 heteroatoms. The van der Waals surface area contributed by atoms with Gasteiger partial charge in [-0.05, 0) is 20.5 Å². The average molecular weight is 175 g/mol. The van der Waals surface area contributed by atoms with Gasteiger partial charge in [0.25, 0.3) is 0 Å². The Bertz CT molecular complexity index is 111. The van der Waals surface area contributed by atoms with Crippen LogP contribution in [0.5, 0.6) is 0 Å². The van der Waals surface area contributed by atoms with Gasteiger partial charge >= 0.3 is 0 Å². The molecule has 0 aromatic carbocycles. The molecule has 74 valence electrons. The number of rotatable bonds is 6. The Morgan fingerprint density at radius 3 is 1.92 bits per heavy atom. The number of hydrogen-bond acceptors (Lipinski definition) is 3. The first-order chi connectivity index (χ1) is 5.60. The second kappa shape index (κ2) is 5.51. The lowest BCUT2D eigenvalue weighted by molar-refractivity contribution is 0.0254. The van der Waals surface area contributed by atoms with Crippen molar-refractivity contribution in [1.29, 1.82) is 0 Å². The van der Waals surface area contributed by atoms with Crippen LogP contribution in [0.3, 0.4) is 0 Å². The van der Waals surface area contributed by atoms with E-state index in [-0.39, 0.29) is 18.6 Å². The fraction of sp³-hybridized carbons (Fsp3) is 1.00. The van der Waals surface area contributed by atoms with E-state index in [4.69, 9.17) is 10.2 Å². The van der Waals surface area contributed by atoms with Crippen LogP contribution in [-0.2, 0) is 0 Å². The van der Waals surface area contributed by atoms with Crippen LogP contribution in [0.2, 0.25) is 0 Å². The molecule has 0 saturated heterocycles. The van der Waals surface area contributed by atoms with Crippen LogP contribution in [0.15, 0.2) is 0 Å². The van der Waals surface area contributed by atoms with E-state index in [2.05, 4.69) is 6.92 Å². The highest BCUT2D eigenvalue weighted by Gasteiger charge is 2.28. The summed E-state index contributed by atoms with van der Waals surface area (Å²) < 4.78 is 0. The molecule has 2 N–H and O–H groups in total. The minimum Gasteiger partial charge on any atom is -0.396 e. The van der Waals surface area contributed by atoms with Gasteiger partial charge in [-0.3, -0.25) is 0 Å². The second-order valence-electron chi connectivity index (χ2n) is 3.80. The van der Waals surface area contributed by atoms with Crippen molar-refractivity contribution in [3.05, 3.63) is 0 Å². The van der Waals surface area contributed by atoms with Gasteiger partial charge in [-0.15, -0.1) is 0 Å². The standard InChI is InChI=1S/C9H21NO2/c1-4-5-9(7-11,8-12)6-10(2)3/h11-12H,4-8H2,1-3H3. The third-order valence-corrected chi connectivity index (χ3v) is 2.10. The summed E-state index contributed by atoms with van der Waals surface area (Å²) in [5, 5.41) is 18.3. The van der Waals surface area contributed by atoms with E-state index >= 15 is 0 Å². The van der Waals surface area contributed by atoms with E-state index in [1.54, 1.807) is 0 Å². The summed E-state index contributed by atoms with van der Waals surface area (Å²) in [6.07, 6.45) is 1.87. The summed E-state index contributed by atoms with van der Waals surface area (Å²) in [5.41, 5.74) is -0.307. The smallest absolute Gasteiger partial charge is 0.0521 e. The Kier molecular flexibility index (Phi) is 5.46. The molecule has 0 aromatic rings. The fourth-order valence-corrected chi connectivity index (χ4v) is 1.59. The van der Waals surface area contributed by atoms with Gasteiger partial charge < -0.3 is 15.1 Å². The van der Waals surface area contributed by atoms with Crippen molar-refractivity contribution >= 4 is 0 Å². The summed E-state index contributed by atoms with van der Waals surface area (Å²) in [6.45, 7) is 2.94. The molecule has 0 rings (SSSR count). The van der Waals surface area contributed by atoms with Crippen molar-refractivity contribution in [2.45, 2.75) is 19.8 Å². The Balaban J connectivity index is 4.13. The molecule has 0 spiro atoms. The molecule has 0 saturated carbocycles. The molecule has 0 aliphatic heterocycles. The molecule has 0 unspecified atom stereocenters. The van der Waals surface area contributed by atoms with Gasteiger partial charge in [-0.2, -0.15) is 0 Å². The van der Waals surface area contributed by atoms with Gasteiger partial charge in [-0.1, -0.05) is 13.3 Å². The normalized spacial score (nSPS) is 12.5. The molecule has 0 heterocycles. The van der Waals surface area contributed by atoms with E-state index in [1.807, 2.05) is 19.0 Å². The van der Waals surface area contributed by atoms with Crippen LogP contribution in [0.4, 0.5) is 0 Å². The van der Waals surface area contributed by atoms with Crippen molar-refractivity contribution in [2.75, 3.05) is 33.9 Å². The van der Waals surface area contributed by atoms with Crippen molar-refractivity contribution in [1.82, 2.24) is 4.90 Å². The summed E-state index contributed by atoms with van der Waals surface area (Å²) in [6, 6.07) is 0. The maximum atomic E-state index is 9.17. The van der Waals surface area contributed by atoms with Gasteiger partial charge in [0.2, 0.25) is 0 Å². The van der Waals surface area contributed by atoms with Gasteiger partial charge in [-0.25, -0.2) is 0 Å². The van der Waals surface area contributed by atoms with Crippen LogP contribution in [0, 0.1) is 5.41 Å². The molecule has 0 aromatic heterocycles. The Hall–Kier alpha value is -0.120. The predicted molar refractivity (Wildman–Crippen MR) is 50.1 cm³/mol. The van der Waals surface area contributed by atoms with Crippen molar-refractivity contribution < 1.29 is 10.2 Å². The number of aliphatic hydroxyl groups is 2. The molecule has 0 bridgehead atoms. The molecule has 0 aliphatic rings. The summed E-state index contributed by atoms with van der Waals surface area (Å²) >= 11 is 0. The van der Waals surface area contributed by atoms with Crippen LogP contribution in [-0.4, -0.2) is 49.0 Å². The van der Waals surface area contributed by atoms with Crippen LogP contribution in [0.25, 0.3) is 0 Å². The third kappa shape index (κ3) is 3.52. The fourth-order valence-electron chi connectivity index (χ4n) is 1.59. The Morgan fingerprint density at radius 1 is 1.17 bits per heavy atom. The highest BCUT2D eigenvalue weighted by atomic mass is 16.3. The maximum absolute atomic E-state index is 9.17. The van der Waals surface area contributed by atoms with E-state index < -0.39 is 0 Å². The molecule has 12 heavy (non-hydrogen) atoms. The molecule has 0 amide bonds. The van der Waals surface area contributed by atoms with Gasteiger partial charge in [0.15, 0.2) is 0 Å². The van der Waals surface area contributed by atoms with Crippen LogP contribution in [0.1, 0.15) is 19.8 Å². The van der Waals surface area contributed by atoms with Crippen molar-refractivity contribution in [2.24, 2.45) is 5.41 Å². The molecule has 0 atom stereocenters. The second-order valence-corrected chi connectivity index (χ2v) is 3.80. The maximum Gasteiger partial charge on any atom is 0.0521 e. The van der Waals surface area contributed by atoms with Crippen molar-refractivity contribution in [3.63, 3.8) is 0 Å². The number of nitrogens with zero attached hydrogens (tertiary/aromatic N) is 1. The zero-order valence-electron chi connectivity index (χ0n) is 8.38. The lowest BCUT2D eigenvalue weighted by atomic mass is 9.84. The summed E-state index contributed by atoms with van der Waals surface area (Å²) in [5.74, 6) is 0. The average Bonchev–Trinajstić information content (AvgIpc) is 2.03. The Morgan fingerprint density at radius 2 is 1.67 bits per heavy atom. The SMILES string of the molecule is CCCC(CO)(CO)CN(C)C. The zero-order chi connectivity index (χ0) is 9.61. The first kappa shape index (κ1) is 11.9. The quantitative estimate of drug-likeness (QED) is 0.611. The predicted octanol–water partition coefficient (Wildman–Crippen LogP) is 0.319. The largest absolute Gasteiger partial charge is 0.396 e. The van der Waals surface area contributed by atoms with Crippen molar-refractivity contribution in [3.8, 4) is 0 Å². The molecular formula is C9H21NO2. The number of hydrogen-bond donors (Lipinski definition) is 2. The first-order valence-corrected chi connectivity index (χ1v) is 4.46. The van der Waals surface area contributed by atoms with Crippen LogP contribution < -0.4 is 0 Å². The highest BCUT2D eigenvalue weighted by molar-refractivity contribution is 4.79. The van der Waals surface area contributed by atoms with Gasteiger partial charge in [0, 0.05) is 12.0 Å². The molecule has 3 nitrogen and oxygen atoms in total. The van der Waals surface area contributed by atoms with E-state index in [0.717, 1.165) is 19.4 Å². The summed E-state index contributed by atoms with van der Waals surface area (Å²) in [4.78, 5) is 2.00. The minimum absolute atomic E-state index is 0.0650. The van der Waals surface area contributed by atoms with Crippen LogP contribution >= 0.6 is 0 Å². The highest BCUT2D eigenvalue weighted by Crippen LogP contribution is 2.23. The van der Waals surface area contributed by atoms with E-state index in [0.29, 0.717) is 0 Å².